The number of hydrogen-bond donors (Lipinski definition) is 2. The van der Waals surface area contributed by atoms with Crippen molar-refractivity contribution >= 4 is 29.1 Å². The Morgan fingerprint density at radius 3 is 2.41 bits per heavy atom. The van der Waals surface area contributed by atoms with Crippen molar-refractivity contribution in [3.05, 3.63) is 36.3 Å². The van der Waals surface area contributed by atoms with Gasteiger partial charge in [-0.15, -0.1) is 0 Å². The highest BCUT2D eigenvalue weighted by molar-refractivity contribution is 6.00. The molecule has 17 nitrogen and oxygen atoms in total. The van der Waals surface area contributed by atoms with E-state index in [2.05, 4.69) is 20.3 Å². The van der Waals surface area contributed by atoms with Crippen LogP contribution in [0.3, 0.4) is 0 Å². The number of carbonyl (C=O) groups is 3. The van der Waals surface area contributed by atoms with Gasteiger partial charge >= 0.3 is 5.97 Å². The number of ether oxygens (including phenoxy) is 5. The van der Waals surface area contributed by atoms with Crippen LogP contribution in [-0.4, -0.2) is 136 Å². The SMILES string of the molecule is CCC(=O)N=C1[C@H](C)CC2(C)OC/C(=N/OCc3ccc(-c4ccno4)cn3)CO[C@H]([C@H]1C)C(C)(O)[C@@H](CC)OC(=O)[C@H](C)C(=O)[C@H](C)[C@H]2O[C@@H]1O[C@H](C)C[C@H](N(C)C)[C@H]1O. The molecule has 0 radical (unpaired) electrons. The maximum atomic E-state index is 14.5. The molecule has 17 heteroatoms. The second kappa shape index (κ2) is 20.5. The molecule has 3 aliphatic rings. The second-order valence-corrected chi connectivity index (χ2v) is 17.5. The van der Waals surface area contributed by atoms with E-state index in [1.165, 1.54) is 13.8 Å². The number of Topliss-reactive ketones (excluding diaryl/α,β-unsaturated/α-hetero) is 1. The van der Waals surface area contributed by atoms with Gasteiger partial charge in [-0.25, -0.2) is 4.99 Å². The molecule has 0 spiro atoms. The van der Waals surface area contributed by atoms with Crippen LogP contribution >= 0.6 is 0 Å². The highest BCUT2D eigenvalue weighted by Crippen LogP contribution is 2.40. The molecule has 1 amide bonds. The summed E-state index contributed by atoms with van der Waals surface area (Å²) in [6.45, 7) is 15.0. The van der Waals surface area contributed by atoms with Gasteiger partial charge in [-0.3, -0.25) is 19.4 Å². The van der Waals surface area contributed by atoms with Crippen LogP contribution in [0.15, 0.2) is 45.3 Å². The predicted octanol–water partition coefficient (Wildman–Crippen LogP) is 4.56. The summed E-state index contributed by atoms with van der Waals surface area (Å²) in [4.78, 5) is 58.5. The summed E-state index contributed by atoms with van der Waals surface area (Å²) in [5.41, 5.74) is -1.28. The average Bonchev–Trinajstić information content (AvgIpc) is 3.77. The van der Waals surface area contributed by atoms with Crippen LogP contribution in [0.25, 0.3) is 11.3 Å². The highest BCUT2D eigenvalue weighted by atomic mass is 16.7. The monoisotopic (exact) mass is 855 g/mol. The highest BCUT2D eigenvalue weighted by Gasteiger charge is 2.53. The molecule has 2 bridgehead atoms. The number of fused-ring (bicyclic) bond motifs is 5. The number of carbonyl (C=O) groups excluding carboxylic acids is 3. The van der Waals surface area contributed by atoms with Crippen molar-refractivity contribution in [2.24, 2.45) is 33.8 Å². The first-order chi connectivity index (χ1) is 28.8. The standard InChI is InChI=1S/C44H65N5O12/c1-12-34-44(9,54)40-26(5)36(47-35(50)13-2)24(3)19-43(8,56-22-31(21-55-40)48-57-23-30-15-14-29(20-45-30)33-16-17-46-61-33)39(27(6)37(51)28(7)41(53)59-34)60-42-38(52)32(49(10)11)18-25(4)58-42/h14-17,20,24-28,32,34,38-40,42,52,54H,12-13,18-19,21-23H2,1-11H3/b47-36?,48-31+/t24-,25-,26+,27+,28-,32+,34-,38-,39-,40-,42+,43?,44?/m1/s1. The van der Waals surface area contributed by atoms with Gasteiger partial charge in [0.25, 0.3) is 0 Å². The molecule has 0 aromatic carbocycles. The molecule has 3 aliphatic heterocycles. The van der Waals surface area contributed by atoms with Crippen LogP contribution in [0.1, 0.15) is 93.7 Å². The van der Waals surface area contributed by atoms with Gasteiger partial charge in [0.05, 0.1) is 49.0 Å². The van der Waals surface area contributed by atoms with E-state index in [0.29, 0.717) is 23.6 Å². The lowest BCUT2D eigenvalue weighted by Crippen LogP contribution is -2.60. The van der Waals surface area contributed by atoms with Crippen molar-refractivity contribution in [2.45, 2.75) is 149 Å². The number of pyridine rings is 1. The summed E-state index contributed by atoms with van der Waals surface area (Å²) < 4.78 is 37.8. The van der Waals surface area contributed by atoms with E-state index in [1.54, 1.807) is 52.2 Å². The number of esters is 1. The molecule has 2 aromatic heterocycles. The van der Waals surface area contributed by atoms with Crippen LogP contribution in [0, 0.1) is 23.7 Å². The number of amides is 1. The Morgan fingerprint density at radius 2 is 1.79 bits per heavy atom. The smallest absolute Gasteiger partial charge is 0.316 e. The Bertz CT molecular complexity index is 1850. The van der Waals surface area contributed by atoms with Crippen molar-refractivity contribution in [2.75, 3.05) is 27.3 Å². The summed E-state index contributed by atoms with van der Waals surface area (Å²) in [6, 6.07) is 4.99. The molecule has 5 rings (SSSR count). The van der Waals surface area contributed by atoms with Crippen molar-refractivity contribution in [1.29, 1.82) is 0 Å². The van der Waals surface area contributed by atoms with Gasteiger partial charge in [-0.05, 0) is 79.1 Å². The minimum absolute atomic E-state index is 0.0207. The number of aliphatic hydroxyl groups is 2. The molecule has 13 atom stereocenters. The Labute approximate surface area is 358 Å². The number of likely N-dealkylation sites (N-methyl/N-ethyl adjacent to an activating group) is 1. The number of aliphatic hydroxyl groups excluding tert-OH is 1. The molecular formula is C44H65N5O12. The zero-order valence-electron chi connectivity index (χ0n) is 37.4. The van der Waals surface area contributed by atoms with E-state index in [9.17, 15) is 24.6 Å². The minimum atomic E-state index is -1.86. The number of ketones is 1. The molecule has 5 heterocycles. The molecule has 61 heavy (non-hydrogen) atoms. The van der Waals surface area contributed by atoms with Crippen LogP contribution in [0.5, 0.6) is 0 Å². The van der Waals surface area contributed by atoms with Crippen molar-refractivity contribution in [3.8, 4) is 11.3 Å². The second-order valence-electron chi connectivity index (χ2n) is 17.5. The molecule has 2 unspecified atom stereocenters. The van der Waals surface area contributed by atoms with Crippen LogP contribution in [0.4, 0.5) is 0 Å². The number of rotatable bonds is 9. The number of aromatic nitrogens is 2. The normalized spacial score (nSPS) is 37.2. The van der Waals surface area contributed by atoms with Gasteiger partial charge < -0.3 is 48.2 Å². The molecule has 2 N–H and O–H groups in total. The molecular weight excluding hydrogens is 791 g/mol. The Morgan fingerprint density at radius 1 is 1.05 bits per heavy atom. The zero-order chi connectivity index (χ0) is 44.8. The van der Waals surface area contributed by atoms with Crippen molar-refractivity contribution in [3.63, 3.8) is 0 Å². The third-order valence-corrected chi connectivity index (χ3v) is 12.3. The average molecular weight is 856 g/mol. The summed E-state index contributed by atoms with van der Waals surface area (Å²) in [6.07, 6.45) is -1.88. The maximum Gasteiger partial charge on any atom is 0.316 e. The van der Waals surface area contributed by atoms with Crippen molar-refractivity contribution in [1.82, 2.24) is 15.0 Å². The lowest BCUT2D eigenvalue weighted by Gasteiger charge is -2.47. The lowest BCUT2D eigenvalue weighted by atomic mass is 9.73. The summed E-state index contributed by atoms with van der Waals surface area (Å²) in [7, 11) is 3.73. The fourth-order valence-electron chi connectivity index (χ4n) is 8.86. The summed E-state index contributed by atoms with van der Waals surface area (Å²) in [5.74, 6) is -4.72. The van der Waals surface area contributed by atoms with Gasteiger partial charge in [0.15, 0.2) is 24.4 Å². The molecule has 2 aromatic rings. The number of aliphatic imine (C=N–C) groups is 1. The van der Waals surface area contributed by atoms with E-state index in [4.69, 9.17) is 33.0 Å². The summed E-state index contributed by atoms with van der Waals surface area (Å²) >= 11 is 0. The van der Waals surface area contributed by atoms with E-state index in [0.717, 1.165) is 5.56 Å². The van der Waals surface area contributed by atoms with Gasteiger partial charge in [0.2, 0.25) is 5.91 Å². The van der Waals surface area contributed by atoms with Gasteiger partial charge in [-0.1, -0.05) is 44.9 Å². The number of hydrogen-bond acceptors (Lipinski definition) is 16. The summed E-state index contributed by atoms with van der Waals surface area (Å²) in [5, 5.41) is 32.4. The Hall–Kier alpha value is -3.97. The number of oxime groups is 1. The van der Waals surface area contributed by atoms with Gasteiger partial charge in [0, 0.05) is 47.8 Å². The van der Waals surface area contributed by atoms with Crippen LogP contribution in [-0.2, 0) is 49.5 Å². The first-order valence-corrected chi connectivity index (χ1v) is 21.3. The number of nitrogens with zero attached hydrogens (tertiary/aromatic N) is 5. The molecule has 3 fully saturated rings. The first-order valence-electron chi connectivity index (χ1n) is 21.3. The fraction of sp³-hybridized carbons (Fsp3) is 0.705. The topological polar surface area (TPSA) is 214 Å². The lowest BCUT2D eigenvalue weighted by molar-refractivity contribution is -0.296. The molecule has 338 valence electrons. The molecule has 0 aliphatic carbocycles. The van der Waals surface area contributed by atoms with Crippen LogP contribution in [0.2, 0.25) is 0 Å². The quantitative estimate of drug-likeness (QED) is 0.201. The number of cyclic esters (lactones) is 1. The van der Waals surface area contributed by atoms with E-state index < -0.39 is 77.3 Å². The third kappa shape index (κ3) is 11.2. The minimum Gasteiger partial charge on any atom is -0.459 e. The molecule has 3 saturated heterocycles. The Balaban J connectivity index is 1.64. The zero-order valence-corrected chi connectivity index (χ0v) is 37.4. The maximum absolute atomic E-state index is 14.5. The Kier molecular flexibility index (Phi) is 16.1. The predicted molar refractivity (Wildman–Crippen MR) is 223 cm³/mol. The van der Waals surface area contributed by atoms with Crippen LogP contribution < -0.4 is 0 Å². The van der Waals surface area contributed by atoms with E-state index >= 15 is 0 Å². The largest absolute Gasteiger partial charge is 0.459 e. The van der Waals surface area contributed by atoms with Gasteiger partial charge in [0.1, 0.15) is 29.4 Å². The van der Waals surface area contributed by atoms with Crippen molar-refractivity contribution < 1.29 is 57.6 Å². The molecule has 0 saturated carbocycles. The van der Waals surface area contributed by atoms with Gasteiger partial charge in [-0.2, -0.15) is 0 Å². The van der Waals surface area contributed by atoms with E-state index in [1.807, 2.05) is 45.8 Å². The fourth-order valence-corrected chi connectivity index (χ4v) is 8.86. The van der Waals surface area contributed by atoms with E-state index in [-0.39, 0.29) is 62.8 Å². The third-order valence-electron chi connectivity index (χ3n) is 12.3. The first kappa shape index (κ1) is 48.1.